The van der Waals surface area contributed by atoms with Gasteiger partial charge in [0.25, 0.3) is 5.69 Å². The van der Waals surface area contributed by atoms with E-state index in [1.807, 2.05) is 19.1 Å². The molecular weight excluding hydrogens is 365 g/mol. The van der Waals surface area contributed by atoms with Crippen molar-refractivity contribution in [1.29, 1.82) is 0 Å². The molecule has 1 fully saturated rings. The van der Waals surface area contributed by atoms with Gasteiger partial charge in [-0.3, -0.25) is 15.0 Å². The number of nitro groups is 1. The fourth-order valence-corrected chi connectivity index (χ4v) is 3.42. The molecule has 1 unspecified atom stereocenters. The Kier molecular flexibility index (Phi) is 6.43. The fraction of sp³-hybridized carbons (Fsp3) is 0.400. The number of methoxy groups -OCH3 is 1. The summed E-state index contributed by atoms with van der Waals surface area (Å²) in [7, 11) is 1.33. The second-order valence-corrected chi connectivity index (χ2v) is 6.72. The molecule has 0 saturated carbocycles. The van der Waals surface area contributed by atoms with Crippen LogP contribution in [0, 0.1) is 22.9 Å². The number of rotatable bonds is 7. The van der Waals surface area contributed by atoms with E-state index in [-0.39, 0.29) is 23.2 Å². The zero-order valence-electron chi connectivity index (χ0n) is 16.0. The van der Waals surface area contributed by atoms with Crippen LogP contribution in [-0.4, -0.2) is 49.8 Å². The zero-order valence-corrected chi connectivity index (χ0v) is 16.0. The van der Waals surface area contributed by atoms with Crippen molar-refractivity contribution in [3.05, 3.63) is 63.5 Å². The van der Waals surface area contributed by atoms with Crippen LogP contribution in [0.5, 0.6) is 5.75 Å². The van der Waals surface area contributed by atoms with Gasteiger partial charge in [-0.05, 0) is 12.5 Å². The summed E-state index contributed by atoms with van der Waals surface area (Å²) in [4.78, 5) is 13.1. The van der Waals surface area contributed by atoms with E-state index in [1.54, 1.807) is 0 Å². The Morgan fingerprint density at radius 3 is 2.71 bits per heavy atom. The lowest BCUT2D eigenvalue weighted by Crippen LogP contribution is -2.41. The van der Waals surface area contributed by atoms with Crippen molar-refractivity contribution in [3.63, 3.8) is 0 Å². The molecule has 8 heteroatoms. The first kappa shape index (κ1) is 20.0. The van der Waals surface area contributed by atoms with Crippen molar-refractivity contribution in [2.75, 3.05) is 45.3 Å². The number of nitro benzene ring substituents is 1. The van der Waals surface area contributed by atoms with Gasteiger partial charge in [-0.1, -0.05) is 29.8 Å². The highest BCUT2D eigenvalue weighted by Gasteiger charge is 2.25. The predicted molar refractivity (Wildman–Crippen MR) is 104 cm³/mol. The molecule has 1 atom stereocenters. The van der Waals surface area contributed by atoms with Crippen molar-refractivity contribution in [1.82, 2.24) is 4.90 Å². The number of hydrogen-bond donors (Lipinski definition) is 1. The molecule has 0 amide bonds. The van der Waals surface area contributed by atoms with E-state index in [0.29, 0.717) is 19.8 Å². The fourth-order valence-electron chi connectivity index (χ4n) is 3.42. The second kappa shape index (κ2) is 8.99. The number of nitrogens with zero attached hydrogens (tertiary/aromatic N) is 2. The van der Waals surface area contributed by atoms with Gasteiger partial charge in [-0.15, -0.1) is 0 Å². The lowest BCUT2D eigenvalue weighted by molar-refractivity contribution is -0.384. The molecule has 1 N–H and O–H groups in total. The Labute approximate surface area is 163 Å². The number of aryl methyl sites for hydroxylation is 1. The summed E-state index contributed by atoms with van der Waals surface area (Å²) < 4.78 is 24.3. The Bertz CT molecular complexity index is 840. The van der Waals surface area contributed by atoms with Gasteiger partial charge in [0.15, 0.2) is 11.6 Å². The largest absolute Gasteiger partial charge is 0.494 e. The maximum atomic E-state index is 13.9. The summed E-state index contributed by atoms with van der Waals surface area (Å²) in [6, 6.07) is 10.4. The molecule has 0 bridgehead atoms. The summed E-state index contributed by atoms with van der Waals surface area (Å²) in [6.07, 6.45) is 0. The van der Waals surface area contributed by atoms with Crippen molar-refractivity contribution in [2.45, 2.75) is 13.0 Å². The molecule has 0 spiro atoms. The molecule has 0 aromatic heterocycles. The topological polar surface area (TPSA) is 76.9 Å². The summed E-state index contributed by atoms with van der Waals surface area (Å²) in [5, 5.41) is 14.5. The van der Waals surface area contributed by atoms with Gasteiger partial charge in [-0.2, -0.15) is 0 Å². The molecule has 2 aromatic rings. The quantitative estimate of drug-likeness (QED) is 0.577. The lowest BCUT2D eigenvalue weighted by Gasteiger charge is -2.35. The van der Waals surface area contributed by atoms with Gasteiger partial charge in [-0.25, -0.2) is 4.39 Å². The van der Waals surface area contributed by atoms with Crippen LogP contribution in [0.25, 0.3) is 0 Å². The van der Waals surface area contributed by atoms with Crippen LogP contribution in [0.1, 0.15) is 17.2 Å². The Morgan fingerprint density at radius 1 is 1.32 bits per heavy atom. The van der Waals surface area contributed by atoms with E-state index in [0.717, 1.165) is 30.3 Å². The maximum Gasteiger partial charge on any atom is 0.295 e. The second-order valence-electron chi connectivity index (χ2n) is 6.72. The number of anilines is 1. The van der Waals surface area contributed by atoms with E-state index in [2.05, 4.69) is 22.3 Å². The van der Waals surface area contributed by atoms with E-state index in [9.17, 15) is 14.5 Å². The highest BCUT2D eigenvalue weighted by atomic mass is 19.1. The van der Waals surface area contributed by atoms with Crippen LogP contribution in [0.3, 0.4) is 0 Å². The third kappa shape index (κ3) is 4.58. The van der Waals surface area contributed by atoms with Crippen LogP contribution in [-0.2, 0) is 4.74 Å². The van der Waals surface area contributed by atoms with Crippen LogP contribution in [0.4, 0.5) is 15.8 Å². The molecule has 1 aliphatic rings. The molecule has 0 radical (unpaired) electrons. The van der Waals surface area contributed by atoms with Crippen molar-refractivity contribution >= 4 is 11.4 Å². The van der Waals surface area contributed by atoms with Crippen LogP contribution in [0.2, 0.25) is 0 Å². The van der Waals surface area contributed by atoms with Gasteiger partial charge in [0.2, 0.25) is 0 Å². The predicted octanol–water partition coefficient (Wildman–Crippen LogP) is 3.54. The number of halogens is 1. The van der Waals surface area contributed by atoms with Gasteiger partial charge in [0, 0.05) is 25.7 Å². The Balaban J connectivity index is 1.88. The number of benzene rings is 2. The first-order valence-electron chi connectivity index (χ1n) is 9.13. The molecule has 1 aliphatic heterocycles. The maximum absolute atomic E-state index is 13.9. The summed E-state index contributed by atoms with van der Waals surface area (Å²) in [6.45, 7) is 5.30. The lowest BCUT2D eigenvalue weighted by atomic mass is 10.0. The van der Waals surface area contributed by atoms with Crippen LogP contribution < -0.4 is 10.1 Å². The standard InChI is InChI=1S/C20H24FN3O4/c1-14-4-3-5-15(10-14)19(23-6-8-28-9-7-23)13-22-17-12-20(27-2)16(21)11-18(17)24(25)26/h3-5,10-12,19,22H,6-9,13H2,1-2H3. The molecular formula is C20H24FN3O4. The average Bonchev–Trinajstić information content (AvgIpc) is 2.69. The highest BCUT2D eigenvalue weighted by Crippen LogP contribution is 2.33. The van der Waals surface area contributed by atoms with E-state index < -0.39 is 10.7 Å². The van der Waals surface area contributed by atoms with E-state index in [1.165, 1.54) is 13.2 Å². The van der Waals surface area contributed by atoms with E-state index in [4.69, 9.17) is 9.47 Å². The molecule has 150 valence electrons. The van der Waals surface area contributed by atoms with Gasteiger partial charge in [0.05, 0.1) is 37.4 Å². The summed E-state index contributed by atoms with van der Waals surface area (Å²) >= 11 is 0. The summed E-state index contributed by atoms with van der Waals surface area (Å²) in [5.74, 6) is -0.797. The highest BCUT2D eigenvalue weighted by molar-refractivity contribution is 5.64. The molecule has 3 rings (SSSR count). The third-order valence-electron chi connectivity index (χ3n) is 4.87. The summed E-state index contributed by atoms with van der Waals surface area (Å²) in [5.41, 5.74) is 2.17. The third-order valence-corrected chi connectivity index (χ3v) is 4.87. The van der Waals surface area contributed by atoms with Crippen LogP contribution >= 0.6 is 0 Å². The first-order valence-corrected chi connectivity index (χ1v) is 9.13. The zero-order chi connectivity index (χ0) is 20.1. The SMILES string of the molecule is COc1cc(NCC(c2cccc(C)c2)N2CCOCC2)c([N+](=O)[O-])cc1F. The molecule has 2 aromatic carbocycles. The smallest absolute Gasteiger partial charge is 0.295 e. The van der Waals surface area contributed by atoms with Gasteiger partial charge < -0.3 is 14.8 Å². The minimum absolute atomic E-state index is 0.000507. The van der Waals surface area contributed by atoms with Crippen molar-refractivity contribution in [2.24, 2.45) is 0 Å². The number of morpholine rings is 1. The molecule has 1 saturated heterocycles. The van der Waals surface area contributed by atoms with Gasteiger partial charge >= 0.3 is 0 Å². The van der Waals surface area contributed by atoms with Crippen molar-refractivity contribution in [3.8, 4) is 5.75 Å². The minimum atomic E-state index is -0.761. The van der Waals surface area contributed by atoms with Crippen LogP contribution in [0.15, 0.2) is 36.4 Å². The molecule has 7 nitrogen and oxygen atoms in total. The number of nitrogens with one attached hydrogen (secondary N) is 1. The molecule has 28 heavy (non-hydrogen) atoms. The molecule has 0 aliphatic carbocycles. The monoisotopic (exact) mass is 389 g/mol. The van der Waals surface area contributed by atoms with E-state index >= 15 is 0 Å². The number of ether oxygens (including phenoxy) is 2. The molecule has 1 heterocycles. The normalized spacial score (nSPS) is 15.8. The average molecular weight is 389 g/mol. The van der Waals surface area contributed by atoms with Gasteiger partial charge in [0.1, 0.15) is 5.69 Å². The Morgan fingerprint density at radius 2 is 2.07 bits per heavy atom. The number of hydrogen-bond acceptors (Lipinski definition) is 6. The first-order chi connectivity index (χ1) is 13.5. The Hall–Kier alpha value is -2.71. The minimum Gasteiger partial charge on any atom is -0.494 e. The van der Waals surface area contributed by atoms with Crippen molar-refractivity contribution < 1.29 is 18.8 Å².